The zero-order valence-electron chi connectivity index (χ0n) is 13.0. The number of rotatable bonds is 5. The van der Waals surface area contributed by atoms with Crippen LogP contribution in [0, 0.1) is 23.2 Å². The van der Waals surface area contributed by atoms with Crippen LogP contribution in [-0.4, -0.2) is 25.0 Å². The Morgan fingerprint density at radius 2 is 1.38 bits per heavy atom. The van der Waals surface area contributed by atoms with Crippen molar-refractivity contribution in [3.05, 3.63) is 0 Å². The smallest absolute Gasteiger partial charge is 0.00916 e. The molecule has 0 aliphatic rings. The van der Waals surface area contributed by atoms with E-state index in [1.54, 1.807) is 0 Å². The lowest BCUT2D eigenvalue weighted by Crippen LogP contribution is -2.37. The quantitative estimate of drug-likeness (QED) is 0.677. The van der Waals surface area contributed by atoms with Gasteiger partial charge in [0.25, 0.3) is 0 Å². The molecule has 98 valence electrons. The molecule has 0 aliphatic heterocycles. The molecule has 0 radical (unpaired) electrons. The van der Waals surface area contributed by atoms with Crippen molar-refractivity contribution in [2.75, 3.05) is 14.1 Å². The van der Waals surface area contributed by atoms with E-state index in [0.29, 0.717) is 11.5 Å². The Kier molecular flexibility index (Phi) is 6.03. The fraction of sp³-hybridized carbons (Fsp3) is 1.00. The number of hydrogen-bond donors (Lipinski definition) is 0. The van der Waals surface area contributed by atoms with Crippen molar-refractivity contribution < 1.29 is 0 Å². The van der Waals surface area contributed by atoms with Crippen LogP contribution < -0.4 is 0 Å². The van der Waals surface area contributed by atoms with Gasteiger partial charge >= 0.3 is 0 Å². The second kappa shape index (κ2) is 6.05. The normalized spacial score (nSPS) is 18.9. The lowest BCUT2D eigenvalue weighted by Gasteiger charge is -2.37. The van der Waals surface area contributed by atoms with Crippen LogP contribution in [0.2, 0.25) is 0 Å². The fourth-order valence-corrected chi connectivity index (χ4v) is 2.17. The van der Waals surface area contributed by atoms with E-state index in [0.717, 1.165) is 17.8 Å². The van der Waals surface area contributed by atoms with Crippen molar-refractivity contribution >= 4 is 0 Å². The average Bonchev–Trinajstić information content (AvgIpc) is 2.10. The van der Waals surface area contributed by atoms with Crippen molar-refractivity contribution in [1.82, 2.24) is 4.90 Å². The number of nitrogens with zero attached hydrogens (tertiary/aromatic N) is 1. The first-order chi connectivity index (χ1) is 7.07. The van der Waals surface area contributed by atoms with E-state index in [1.165, 1.54) is 6.42 Å². The molecule has 0 saturated heterocycles. The molecular weight excluding hydrogens is 194 g/mol. The third kappa shape index (κ3) is 4.86. The topological polar surface area (TPSA) is 3.24 Å². The summed E-state index contributed by atoms with van der Waals surface area (Å²) in [6, 6.07) is 0.671. The van der Waals surface area contributed by atoms with Gasteiger partial charge in [-0.3, -0.25) is 0 Å². The summed E-state index contributed by atoms with van der Waals surface area (Å²) in [5, 5.41) is 0. The minimum Gasteiger partial charge on any atom is -0.306 e. The minimum atomic E-state index is 0.430. The van der Waals surface area contributed by atoms with Crippen molar-refractivity contribution in [2.24, 2.45) is 23.2 Å². The van der Waals surface area contributed by atoms with Gasteiger partial charge in [-0.15, -0.1) is 0 Å². The van der Waals surface area contributed by atoms with Crippen LogP contribution in [0.3, 0.4) is 0 Å². The third-order valence-electron chi connectivity index (χ3n) is 4.39. The van der Waals surface area contributed by atoms with Gasteiger partial charge in [-0.2, -0.15) is 0 Å². The molecule has 16 heavy (non-hydrogen) atoms. The second-order valence-electron chi connectivity index (χ2n) is 7.11. The molecule has 1 heteroatoms. The number of hydrogen-bond acceptors (Lipinski definition) is 1. The average molecular weight is 227 g/mol. The van der Waals surface area contributed by atoms with Gasteiger partial charge in [-0.1, -0.05) is 41.5 Å². The lowest BCUT2D eigenvalue weighted by atomic mass is 9.73. The summed E-state index contributed by atoms with van der Waals surface area (Å²) in [6.45, 7) is 16.6. The van der Waals surface area contributed by atoms with Gasteiger partial charge in [0.1, 0.15) is 0 Å². The van der Waals surface area contributed by atoms with Crippen LogP contribution >= 0.6 is 0 Å². The van der Waals surface area contributed by atoms with E-state index >= 15 is 0 Å². The highest BCUT2D eigenvalue weighted by Crippen LogP contribution is 2.35. The van der Waals surface area contributed by atoms with Gasteiger partial charge in [0.2, 0.25) is 0 Å². The highest BCUT2D eigenvalue weighted by Gasteiger charge is 2.29. The Balaban J connectivity index is 4.58. The highest BCUT2D eigenvalue weighted by molar-refractivity contribution is 4.80. The van der Waals surface area contributed by atoms with E-state index in [4.69, 9.17) is 0 Å². The summed E-state index contributed by atoms with van der Waals surface area (Å²) in [6.07, 6.45) is 1.33. The molecule has 0 fully saturated rings. The summed E-state index contributed by atoms with van der Waals surface area (Å²) in [7, 11) is 4.39. The van der Waals surface area contributed by atoms with Crippen molar-refractivity contribution in [3.63, 3.8) is 0 Å². The van der Waals surface area contributed by atoms with E-state index in [9.17, 15) is 0 Å². The fourth-order valence-electron chi connectivity index (χ4n) is 2.17. The molecule has 0 amide bonds. The Bertz CT molecular complexity index is 188. The maximum atomic E-state index is 2.40. The van der Waals surface area contributed by atoms with Gasteiger partial charge in [0.15, 0.2) is 0 Å². The van der Waals surface area contributed by atoms with Crippen LogP contribution in [-0.2, 0) is 0 Å². The molecule has 0 rings (SSSR count). The minimum absolute atomic E-state index is 0.430. The first kappa shape index (κ1) is 16.0. The van der Waals surface area contributed by atoms with E-state index in [1.807, 2.05) is 0 Å². The molecule has 0 aliphatic carbocycles. The van der Waals surface area contributed by atoms with Crippen molar-refractivity contribution in [3.8, 4) is 0 Å². The van der Waals surface area contributed by atoms with Gasteiger partial charge < -0.3 is 4.90 Å². The molecule has 0 bridgehead atoms. The van der Waals surface area contributed by atoms with E-state index < -0.39 is 0 Å². The molecule has 1 nitrogen and oxygen atoms in total. The Labute approximate surface area is 104 Å². The first-order valence-corrected chi connectivity index (χ1v) is 6.73. The van der Waals surface area contributed by atoms with Crippen molar-refractivity contribution in [2.45, 2.75) is 60.9 Å². The molecular formula is C15H33N. The van der Waals surface area contributed by atoms with Gasteiger partial charge in [0.05, 0.1) is 0 Å². The SMILES string of the molecule is CC(C)C(CC(C)C(C)(C)C)C(C)N(C)C. The van der Waals surface area contributed by atoms with Crippen molar-refractivity contribution in [1.29, 1.82) is 0 Å². The molecule has 0 aromatic carbocycles. The predicted octanol–water partition coefficient (Wildman–Crippen LogP) is 4.28. The van der Waals surface area contributed by atoms with Gasteiger partial charge in [-0.25, -0.2) is 0 Å². The van der Waals surface area contributed by atoms with Gasteiger partial charge in [-0.05, 0) is 50.6 Å². The molecule has 0 aromatic heterocycles. The zero-order chi connectivity index (χ0) is 13.1. The van der Waals surface area contributed by atoms with Crippen LogP contribution in [0.5, 0.6) is 0 Å². The lowest BCUT2D eigenvalue weighted by molar-refractivity contribution is 0.123. The second-order valence-corrected chi connectivity index (χ2v) is 7.11. The Morgan fingerprint density at radius 3 is 1.62 bits per heavy atom. The summed E-state index contributed by atoms with van der Waals surface area (Å²) in [5.74, 6) is 2.34. The van der Waals surface area contributed by atoms with Crippen LogP contribution in [0.1, 0.15) is 54.9 Å². The summed E-state index contributed by atoms with van der Waals surface area (Å²) in [5.41, 5.74) is 0.430. The molecule has 3 unspecified atom stereocenters. The maximum absolute atomic E-state index is 2.40. The molecule has 0 saturated carbocycles. The van der Waals surface area contributed by atoms with Crippen LogP contribution in [0.25, 0.3) is 0 Å². The van der Waals surface area contributed by atoms with E-state index in [2.05, 4.69) is 67.5 Å². The first-order valence-electron chi connectivity index (χ1n) is 6.73. The standard InChI is InChI=1S/C15H33N/c1-11(2)14(13(4)16(8)9)10-12(3)15(5,6)7/h11-14H,10H2,1-9H3. The monoisotopic (exact) mass is 227 g/mol. The summed E-state index contributed by atoms with van der Waals surface area (Å²) < 4.78 is 0. The largest absolute Gasteiger partial charge is 0.306 e. The summed E-state index contributed by atoms with van der Waals surface area (Å²) in [4.78, 5) is 2.36. The van der Waals surface area contributed by atoms with Gasteiger partial charge in [0, 0.05) is 6.04 Å². The molecule has 0 aromatic rings. The Hall–Kier alpha value is -0.0400. The van der Waals surface area contributed by atoms with Crippen LogP contribution in [0.15, 0.2) is 0 Å². The molecule has 0 N–H and O–H groups in total. The van der Waals surface area contributed by atoms with E-state index in [-0.39, 0.29) is 0 Å². The summed E-state index contributed by atoms with van der Waals surface area (Å²) >= 11 is 0. The molecule has 3 atom stereocenters. The van der Waals surface area contributed by atoms with Crippen LogP contribution in [0.4, 0.5) is 0 Å². The third-order valence-corrected chi connectivity index (χ3v) is 4.39. The molecule has 0 spiro atoms. The predicted molar refractivity (Wildman–Crippen MR) is 74.7 cm³/mol. The highest BCUT2D eigenvalue weighted by atomic mass is 15.1. The maximum Gasteiger partial charge on any atom is 0.00916 e. The zero-order valence-corrected chi connectivity index (χ0v) is 13.0. The Morgan fingerprint density at radius 1 is 0.938 bits per heavy atom. The molecule has 0 heterocycles.